The fourth-order valence-electron chi connectivity index (χ4n) is 1.16. The molecule has 0 aliphatic carbocycles. The molecular formula is C9H11BrN2O2. The Bertz CT molecular complexity index is 330. The van der Waals surface area contributed by atoms with Crippen molar-refractivity contribution >= 4 is 21.6 Å². The monoisotopic (exact) mass is 258 g/mol. The first-order valence-electron chi connectivity index (χ1n) is 4.18. The zero-order valence-electron chi connectivity index (χ0n) is 7.52. The number of nitrogen functional groups attached to an aromatic ring is 1. The van der Waals surface area contributed by atoms with Crippen LogP contribution < -0.4 is 5.73 Å². The Labute approximate surface area is 90.4 Å². The number of halogens is 1. The second-order valence-electron chi connectivity index (χ2n) is 3.00. The predicted molar refractivity (Wildman–Crippen MR) is 59.1 cm³/mol. The van der Waals surface area contributed by atoms with E-state index in [0.29, 0.717) is 17.4 Å². The molecule has 2 N–H and O–H groups in total. The van der Waals surface area contributed by atoms with Gasteiger partial charge in [0, 0.05) is 17.0 Å². The topological polar surface area (TPSA) is 69.2 Å². The quantitative estimate of drug-likeness (QED) is 0.388. The standard InChI is InChI=1S/C9H11BrN2O2/c10-6-8(12(13)14)5-7-3-1-2-4-9(7)11/h1-4,8H,5-6,11H2. The van der Waals surface area contributed by atoms with Gasteiger partial charge in [0.2, 0.25) is 6.04 Å². The highest BCUT2D eigenvalue weighted by Gasteiger charge is 2.19. The maximum atomic E-state index is 10.6. The summed E-state index contributed by atoms with van der Waals surface area (Å²) in [6, 6.07) is 6.60. The first-order chi connectivity index (χ1) is 6.65. The van der Waals surface area contributed by atoms with E-state index in [2.05, 4.69) is 15.9 Å². The summed E-state index contributed by atoms with van der Waals surface area (Å²) in [6.45, 7) is 0. The van der Waals surface area contributed by atoms with Gasteiger partial charge in [-0.25, -0.2) is 0 Å². The van der Waals surface area contributed by atoms with Gasteiger partial charge in [0.1, 0.15) is 0 Å². The average Bonchev–Trinajstić information content (AvgIpc) is 2.16. The smallest absolute Gasteiger partial charge is 0.226 e. The minimum absolute atomic E-state index is 0.290. The third-order valence-corrected chi connectivity index (χ3v) is 2.73. The van der Waals surface area contributed by atoms with Crippen LogP contribution in [0.2, 0.25) is 0 Å². The molecule has 0 saturated heterocycles. The van der Waals surface area contributed by atoms with Crippen molar-refractivity contribution in [1.29, 1.82) is 0 Å². The maximum absolute atomic E-state index is 10.6. The minimum Gasteiger partial charge on any atom is -0.399 e. The molecule has 0 fully saturated rings. The molecule has 1 rings (SSSR count). The van der Waals surface area contributed by atoms with Crippen LogP contribution in [0.15, 0.2) is 24.3 Å². The van der Waals surface area contributed by atoms with E-state index >= 15 is 0 Å². The summed E-state index contributed by atoms with van der Waals surface area (Å²) >= 11 is 3.12. The summed E-state index contributed by atoms with van der Waals surface area (Å²) in [5.41, 5.74) is 7.12. The van der Waals surface area contributed by atoms with Crippen LogP contribution in [0.3, 0.4) is 0 Å². The van der Waals surface area contributed by atoms with Gasteiger partial charge in [-0.3, -0.25) is 10.1 Å². The van der Waals surface area contributed by atoms with E-state index in [1.54, 1.807) is 6.07 Å². The number of hydrogen-bond acceptors (Lipinski definition) is 3. The van der Waals surface area contributed by atoms with Crippen molar-refractivity contribution < 1.29 is 4.92 Å². The van der Waals surface area contributed by atoms with Gasteiger partial charge in [-0.2, -0.15) is 0 Å². The highest BCUT2D eigenvalue weighted by atomic mass is 79.9. The molecule has 1 unspecified atom stereocenters. The number of nitrogens with two attached hydrogens (primary N) is 1. The Morgan fingerprint density at radius 2 is 2.14 bits per heavy atom. The van der Waals surface area contributed by atoms with E-state index in [4.69, 9.17) is 5.73 Å². The number of nitrogens with zero attached hydrogens (tertiary/aromatic N) is 1. The Morgan fingerprint density at radius 1 is 1.50 bits per heavy atom. The Morgan fingerprint density at radius 3 is 2.64 bits per heavy atom. The summed E-state index contributed by atoms with van der Waals surface area (Å²) in [5, 5.41) is 10.9. The van der Waals surface area contributed by atoms with Crippen molar-refractivity contribution in [3.05, 3.63) is 39.9 Å². The lowest BCUT2D eigenvalue weighted by atomic mass is 10.1. The van der Waals surface area contributed by atoms with E-state index in [-0.39, 0.29) is 4.92 Å². The van der Waals surface area contributed by atoms with Gasteiger partial charge in [0.15, 0.2) is 0 Å². The van der Waals surface area contributed by atoms with Crippen molar-refractivity contribution in [2.45, 2.75) is 12.5 Å². The lowest BCUT2D eigenvalue weighted by Crippen LogP contribution is -2.24. The SMILES string of the molecule is Nc1ccccc1CC(CBr)[N+](=O)[O-]. The van der Waals surface area contributed by atoms with Gasteiger partial charge < -0.3 is 5.73 Å². The third-order valence-electron chi connectivity index (χ3n) is 1.99. The molecule has 0 radical (unpaired) electrons. The number of benzene rings is 1. The second-order valence-corrected chi connectivity index (χ2v) is 3.64. The second kappa shape index (κ2) is 4.95. The summed E-state index contributed by atoms with van der Waals surface area (Å²) in [4.78, 5) is 10.3. The summed E-state index contributed by atoms with van der Waals surface area (Å²) < 4.78 is 0. The number of hydrogen-bond donors (Lipinski definition) is 1. The molecule has 0 bridgehead atoms. The Hall–Kier alpha value is -1.10. The fourth-order valence-corrected chi connectivity index (χ4v) is 1.62. The van der Waals surface area contributed by atoms with Crippen LogP contribution in [0.1, 0.15) is 5.56 Å². The maximum Gasteiger partial charge on any atom is 0.226 e. The van der Waals surface area contributed by atoms with E-state index in [1.807, 2.05) is 18.2 Å². The number of anilines is 1. The molecule has 0 heterocycles. The summed E-state index contributed by atoms with van der Waals surface area (Å²) in [5.74, 6) is 0. The van der Waals surface area contributed by atoms with Crippen molar-refractivity contribution in [3.63, 3.8) is 0 Å². The molecule has 14 heavy (non-hydrogen) atoms. The van der Waals surface area contributed by atoms with E-state index in [9.17, 15) is 10.1 Å². The van der Waals surface area contributed by atoms with Crippen LogP contribution in [-0.2, 0) is 6.42 Å². The molecule has 0 aliphatic heterocycles. The third kappa shape index (κ3) is 2.70. The molecule has 5 heteroatoms. The van der Waals surface area contributed by atoms with Gasteiger partial charge in [0.05, 0.1) is 5.33 Å². The highest BCUT2D eigenvalue weighted by Crippen LogP contribution is 2.14. The van der Waals surface area contributed by atoms with Crippen LogP contribution in [-0.4, -0.2) is 16.3 Å². The van der Waals surface area contributed by atoms with Crippen molar-refractivity contribution in [2.75, 3.05) is 11.1 Å². The molecule has 0 spiro atoms. The van der Waals surface area contributed by atoms with E-state index < -0.39 is 6.04 Å². The molecule has 1 aromatic rings. The molecule has 1 aromatic carbocycles. The molecule has 1 atom stereocenters. The van der Waals surface area contributed by atoms with Crippen LogP contribution in [0, 0.1) is 10.1 Å². The van der Waals surface area contributed by atoms with Crippen LogP contribution in [0.25, 0.3) is 0 Å². The number of alkyl halides is 1. The van der Waals surface area contributed by atoms with Crippen molar-refractivity contribution in [2.24, 2.45) is 0 Å². The highest BCUT2D eigenvalue weighted by molar-refractivity contribution is 9.09. The van der Waals surface area contributed by atoms with Gasteiger partial charge in [-0.05, 0) is 11.6 Å². The zero-order chi connectivity index (χ0) is 10.6. The van der Waals surface area contributed by atoms with Gasteiger partial charge in [0.25, 0.3) is 0 Å². The molecule has 0 amide bonds. The number of para-hydroxylation sites is 1. The normalized spacial score (nSPS) is 12.4. The molecule has 0 saturated carbocycles. The Kier molecular flexibility index (Phi) is 3.88. The lowest BCUT2D eigenvalue weighted by molar-refractivity contribution is -0.515. The van der Waals surface area contributed by atoms with E-state index in [0.717, 1.165) is 5.56 Å². The minimum atomic E-state index is -0.611. The summed E-state index contributed by atoms with van der Waals surface area (Å²) in [6.07, 6.45) is 0.366. The van der Waals surface area contributed by atoms with Crippen LogP contribution >= 0.6 is 15.9 Å². The molecular weight excluding hydrogens is 248 g/mol. The average molecular weight is 259 g/mol. The lowest BCUT2D eigenvalue weighted by Gasteiger charge is -2.08. The number of nitro groups is 1. The molecule has 4 nitrogen and oxygen atoms in total. The number of rotatable bonds is 4. The molecule has 0 aromatic heterocycles. The Balaban J connectivity index is 2.77. The van der Waals surface area contributed by atoms with Crippen molar-refractivity contribution in [1.82, 2.24) is 0 Å². The zero-order valence-corrected chi connectivity index (χ0v) is 9.11. The van der Waals surface area contributed by atoms with E-state index in [1.165, 1.54) is 0 Å². The largest absolute Gasteiger partial charge is 0.399 e. The first-order valence-corrected chi connectivity index (χ1v) is 5.30. The molecule has 0 aliphatic rings. The molecule has 76 valence electrons. The van der Waals surface area contributed by atoms with Crippen LogP contribution in [0.4, 0.5) is 5.69 Å². The fraction of sp³-hybridized carbons (Fsp3) is 0.333. The van der Waals surface area contributed by atoms with Gasteiger partial charge >= 0.3 is 0 Å². The van der Waals surface area contributed by atoms with Crippen LogP contribution in [0.5, 0.6) is 0 Å². The summed E-state index contributed by atoms with van der Waals surface area (Å²) in [7, 11) is 0. The van der Waals surface area contributed by atoms with Crippen molar-refractivity contribution in [3.8, 4) is 0 Å². The van der Waals surface area contributed by atoms with Gasteiger partial charge in [-0.1, -0.05) is 34.1 Å². The van der Waals surface area contributed by atoms with Gasteiger partial charge in [-0.15, -0.1) is 0 Å². The first kappa shape index (κ1) is 11.0. The predicted octanol–water partition coefficient (Wildman–Crippen LogP) is 1.85.